The van der Waals surface area contributed by atoms with Crippen LogP contribution in [0.15, 0.2) is 88.2 Å². The molecular weight excluding hydrogens is 590 g/mol. The number of amides is 2. The maximum absolute atomic E-state index is 14.0. The molecule has 0 N–H and O–H groups in total. The highest BCUT2D eigenvalue weighted by Gasteiger charge is 2.49. The maximum atomic E-state index is 14.0. The van der Waals surface area contributed by atoms with Crippen LogP contribution in [0.25, 0.3) is 0 Å². The van der Waals surface area contributed by atoms with E-state index in [1.54, 1.807) is 24.3 Å². The summed E-state index contributed by atoms with van der Waals surface area (Å²) in [6.45, 7) is 2.13. The second-order valence-electron chi connectivity index (χ2n) is 9.55. The molecule has 3 aromatic rings. The molecule has 0 bridgehead atoms. The minimum absolute atomic E-state index is 0.0518. The number of halogens is 2. The van der Waals surface area contributed by atoms with Gasteiger partial charge in [0.2, 0.25) is 15.9 Å². The first-order chi connectivity index (χ1) is 18.2. The van der Waals surface area contributed by atoms with Gasteiger partial charge in [-0.1, -0.05) is 57.9 Å². The minimum atomic E-state index is -4.10. The third kappa shape index (κ3) is 5.58. The Labute approximate surface area is 236 Å². The summed E-state index contributed by atoms with van der Waals surface area (Å²) in [7, 11) is -4.10. The summed E-state index contributed by atoms with van der Waals surface area (Å²) in [5, 5.41) is 0.415. The predicted molar refractivity (Wildman–Crippen MR) is 150 cm³/mol. The molecule has 7 nitrogen and oxygen atoms in total. The molecule has 2 fully saturated rings. The van der Waals surface area contributed by atoms with Gasteiger partial charge >= 0.3 is 0 Å². The molecule has 2 aliphatic heterocycles. The summed E-state index contributed by atoms with van der Waals surface area (Å²) in [5.41, 5.74) is 1.62. The van der Waals surface area contributed by atoms with Crippen LogP contribution < -0.4 is 4.90 Å². The van der Waals surface area contributed by atoms with Crippen molar-refractivity contribution in [2.75, 3.05) is 18.0 Å². The smallest absolute Gasteiger partial charge is 0.252 e. The van der Waals surface area contributed by atoms with Crippen molar-refractivity contribution in [1.82, 2.24) is 9.21 Å². The fourth-order valence-electron chi connectivity index (χ4n) is 5.20. The summed E-state index contributed by atoms with van der Waals surface area (Å²) >= 11 is 9.38. The van der Waals surface area contributed by atoms with Gasteiger partial charge in [-0.05, 0) is 66.9 Å². The Morgan fingerprint density at radius 3 is 2.16 bits per heavy atom. The Hall–Kier alpha value is -2.56. The third-order valence-corrected chi connectivity index (χ3v) is 9.83. The van der Waals surface area contributed by atoms with Crippen molar-refractivity contribution in [1.29, 1.82) is 0 Å². The van der Waals surface area contributed by atoms with Gasteiger partial charge in [0.1, 0.15) is 6.04 Å². The molecule has 2 aliphatic rings. The monoisotopic (exact) mass is 615 g/mol. The predicted octanol–water partition coefficient (Wildman–Crippen LogP) is 5.09. The number of benzene rings is 3. The number of imide groups is 1. The van der Waals surface area contributed by atoms with Crippen LogP contribution in [0.1, 0.15) is 24.8 Å². The number of carbonyl (C=O) groups is 2. The van der Waals surface area contributed by atoms with E-state index in [4.69, 9.17) is 11.6 Å². The molecule has 3 aromatic carbocycles. The number of rotatable bonds is 7. The number of likely N-dealkylation sites (tertiary alicyclic amines) is 1. The van der Waals surface area contributed by atoms with Crippen molar-refractivity contribution < 1.29 is 18.0 Å². The van der Waals surface area contributed by atoms with Crippen LogP contribution >= 0.6 is 27.5 Å². The molecule has 2 saturated heterocycles. The van der Waals surface area contributed by atoms with Crippen molar-refractivity contribution in [3.05, 3.63) is 93.9 Å². The highest BCUT2D eigenvalue weighted by atomic mass is 79.9. The number of hydrogen-bond donors (Lipinski definition) is 0. The molecule has 1 atom stereocenters. The van der Waals surface area contributed by atoms with Crippen molar-refractivity contribution >= 4 is 55.1 Å². The normalized spacial score (nSPS) is 19.4. The maximum Gasteiger partial charge on any atom is 0.252 e. The molecule has 0 aliphatic carbocycles. The molecule has 38 heavy (non-hydrogen) atoms. The molecule has 5 rings (SSSR count). The lowest BCUT2D eigenvalue weighted by molar-refractivity contribution is -0.122. The molecule has 10 heteroatoms. The number of carbonyl (C=O) groups excluding carboxylic acids is 2. The fourth-order valence-corrected chi connectivity index (χ4v) is 7.41. The first-order valence-electron chi connectivity index (χ1n) is 12.4. The number of anilines is 1. The van der Waals surface area contributed by atoms with E-state index in [9.17, 15) is 18.0 Å². The second-order valence-corrected chi connectivity index (χ2v) is 12.7. The van der Waals surface area contributed by atoms with E-state index >= 15 is 0 Å². The van der Waals surface area contributed by atoms with E-state index in [0.29, 0.717) is 36.6 Å². The summed E-state index contributed by atoms with van der Waals surface area (Å²) in [6.07, 6.45) is 0.901. The first-order valence-corrected chi connectivity index (χ1v) is 15.0. The Morgan fingerprint density at radius 1 is 0.895 bits per heavy atom. The highest BCUT2D eigenvalue weighted by molar-refractivity contribution is 9.10. The lowest BCUT2D eigenvalue weighted by Gasteiger charge is -2.39. The SMILES string of the molecule is O=C1CC(N(C2CCN(Cc3ccccc3)CC2)S(=O)(=O)c2ccc(Cl)cc2)C(=O)N1c1ccc(Br)cc1. The third-order valence-electron chi connectivity index (χ3n) is 7.07. The summed E-state index contributed by atoms with van der Waals surface area (Å²) in [6, 6.07) is 21.4. The molecule has 0 saturated carbocycles. The van der Waals surface area contributed by atoms with Crippen LogP contribution in [0.2, 0.25) is 5.02 Å². The Morgan fingerprint density at radius 2 is 1.53 bits per heavy atom. The van der Waals surface area contributed by atoms with Gasteiger partial charge in [-0.3, -0.25) is 14.5 Å². The van der Waals surface area contributed by atoms with E-state index in [-0.39, 0.29) is 11.3 Å². The summed E-state index contributed by atoms with van der Waals surface area (Å²) in [4.78, 5) is 30.2. The van der Waals surface area contributed by atoms with E-state index in [1.165, 1.54) is 34.1 Å². The molecule has 0 spiro atoms. The second kappa shape index (κ2) is 11.3. The van der Waals surface area contributed by atoms with Crippen LogP contribution in [0.4, 0.5) is 5.69 Å². The summed E-state index contributed by atoms with van der Waals surface area (Å²) < 4.78 is 30.2. The molecule has 0 radical (unpaired) electrons. The summed E-state index contributed by atoms with van der Waals surface area (Å²) in [5.74, 6) is -0.943. The standard InChI is InChI=1S/C28H27BrClN3O4S/c29-21-6-10-23(11-7-21)32-27(34)18-26(28(32)35)33(38(36,37)25-12-8-22(30)9-13-25)24-14-16-31(17-15-24)19-20-4-2-1-3-5-20/h1-13,24,26H,14-19H2. The van der Waals surface area contributed by atoms with E-state index in [0.717, 1.165) is 15.9 Å². The van der Waals surface area contributed by atoms with Crippen molar-refractivity contribution in [2.45, 2.75) is 42.8 Å². The number of sulfonamides is 1. The van der Waals surface area contributed by atoms with Crippen molar-refractivity contribution in [3.63, 3.8) is 0 Å². The van der Waals surface area contributed by atoms with Crippen LogP contribution in [0.3, 0.4) is 0 Å². The topological polar surface area (TPSA) is 78.0 Å². The molecule has 0 aromatic heterocycles. The lowest BCUT2D eigenvalue weighted by Crippen LogP contribution is -2.53. The Bertz CT molecular complexity index is 1410. The van der Waals surface area contributed by atoms with Gasteiger partial charge < -0.3 is 0 Å². The molecule has 1 unspecified atom stereocenters. The number of nitrogens with zero attached hydrogens (tertiary/aromatic N) is 3. The van der Waals surface area contributed by atoms with Gasteiger partial charge in [0.05, 0.1) is 17.0 Å². The van der Waals surface area contributed by atoms with Crippen molar-refractivity contribution in [2.24, 2.45) is 0 Å². The van der Waals surface area contributed by atoms with Crippen LogP contribution in [-0.4, -0.2) is 54.6 Å². The van der Waals surface area contributed by atoms with E-state index < -0.39 is 33.9 Å². The quantitative estimate of drug-likeness (QED) is 0.346. The van der Waals surface area contributed by atoms with Gasteiger partial charge in [0.15, 0.2) is 0 Å². The fraction of sp³-hybridized carbons (Fsp3) is 0.286. The van der Waals surface area contributed by atoms with Gasteiger partial charge in [-0.25, -0.2) is 13.3 Å². The van der Waals surface area contributed by atoms with E-state index in [1.807, 2.05) is 18.2 Å². The zero-order chi connectivity index (χ0) is 26.9. The lowest BCUT2D eigenvalue weighted by atomic mass is 10.0. The first kappa shape index (κ1) is 27.0. The van der Waals surface area contributed by atoms with Crippen LogP contribution in [-0.2, 0) is 26.2 Å². The zero-order valence-corrected chi connectivity index (χ0v) is 23.7. The average molecular weight is 617 g/mol. The molecular formula is C28H27BrClN3O4S. The molecule has 2 amide bonds. The number of hydrogen-bond acceptors (Lipinski definition) is 5. The van der Waals surface area contributed by atoms with Gasteiger partial charge in [-0.2, -0.15) is 4.31 Å². The molecule has 198 valence electrons. The average Bonchev–Trinajstić information content (AvgIpc) is 3.19. The van der Waals surface area contributed by atoms with Gasteiger partial charge in [-0.15, -0.1) is 0 Å². The van der Waals surface area contributed by atoms with Crippen molar-refractivity contribution in [3.8, 4) is 0 Å². The van der Waals surface area contributed by atoms with Crippen LogP contribution in [0.5, 0.6) is 0 Å². The molecule has 2 heterocycles. The van der Waals surface area contributed by atoms with E-state index in [2.05, 4.69) is 33.0 Å². The number of piperidine rings is 1. The minimum Gasteiger partial charge on any atom is -0.299 e. The highest BCUT2D eigenvalue weighted by Crippen LogP contribution is 2.34. The Kier molecular flexibility index (Phi) is 8.02. The van der Waals surface area contributed by atoms with Crippen LogP contribution in [0, 0.1) is 0 Å². The zero-order valence-electron chi connectivity index (χ0n) is 20.5. The Balaban J connectivity index is 1.43. The van der Waals surface area contributed by atoms with Gasteiger partial charge in [0.25, 0.3) is 5.91 Å². The van der Waals surface area contributed by atoms with Gasteiger partial charge in [0, 0.05) is 35.2 Å². The largest absolute Gasteiger partial charge is 0.299 e.